The molecule has 1 aromatic carbocycles. The molecule has 0 saturated carbocycles. The number of aromatic nitrogens is 2. The maximum absolute atomic E-state index is 13.6. The summed E-state index contributed by atoms with van der Waals surface area (Å²) in [6.45, 7) is 0. The zero-order valence-electron chi connectivity index (χ0n) is 10.5. The highest BCUT2D eigenvalue weighted by Crippen LogP contribution is 2.28. The van der Waals surface area contributed by atoms with Gasteiger partial charge >= 0.3 is 0 Å². The molecule has 21 heavy (non-hydrogen) atoms. The van der Waals surface area contributed by atoms with Gasteiger partial charge in [-0.05, 0) is 46.3 Å². The van der Waals surface area contributed by atoms with Crippen molar-refractivity contribution in [1.82, 2.24) is 10.2 Å². The number of nitrogens with two attached hydrogens (primary N) is 1. The number of halogens is 2. The molecule has 108 valence electrons. The maximum Gasteiger partial charge on any atom is 0.283 e. The highest BCUT2D eigenvalue weighted by Gasteiger charge is 2.13. The van der Waals surface area contributed by atoms with Gasteiger partial charge in [0.1, 0.15) is 5.82 Å². The molecule has 2 N–H and O–H groups in total. The van der Waals surface area contributed by atoms with Crippen molar-refractivity contribution in [3.63, 3.8) is 0 Å². The Labute approximate surface area is 131 Å². The van der Waals surface area contributed by atoms with Crippen LogP contribution in [0.3, 0.4) is 0 Å². The normalized spacial score (nSPS) is 11.0. The minimum atomic E-state index is -0.366. The smallest absolute Gasteiger partial charge is 0.283 e. The molecule has 0 bridgehead atoms. The summed E-state index contributed by atoms with van der Waals surface area (Å²) in [5.74, 6) is 1.14. The van der Waals surface area contributed by atoms with E-state index in [0.29, 0.717) is 32.7 Å². The lowest BCUT2D eigenvalue weighted by Crippen LogP contribution is -1.88. The van der Waals surface area contributed by atoms with Gasteiger partial charge in [0.25, 0.3) is 5.89 Å². The van der Waals surface area contributed by atoms with Crippen molar-refractivity contribution in [3.05, 3.63) is 46.7 Å². The zero-order valence-corrected chi connectivity index (χ0v) is 12.9. The Bertz CT molecular complexity index is 774. The molecule has 0 spiro atoms. The van der Waals surface area contributed by atoms with Crippen molar-refractivity contribution < 1.29 is 13.2 Å². The molecule has 0 unspecified atom stereocenters. The molecule has 0 fully saturated rings. The molecule has 0 aliphatic carbocycles. The second-order valence-corrected chi connectivity index (χ2v) is 5.88. The summed E-state index contributed by atoms with van der Waals surface area (Å²) in [6, 6.07) is 8.00. The zero-order chi connectivity index (χ0) is 14.8. The van der Waals surface area contributed by atoms with Gasteiger partial charge in [-0.15, -0.1) is 22.0 Å². The van der Waals surface area contributed by atoms with Crippen molar-refractivity contribution in [2.75, 3.05) is 5.73 Å². The average molecular weight is 370 g/mol. The molecule has 3 rings (SSSR count). The molecule has 0 aliphatic rings. The lowest BCUT2D eigenvalue weighted by Gasteiger charge is -2.01. The van der Waals surface area contributed by atoms with Gasteiger partial charge in [-0.3, -0.25) is 0 Å². The molecular formula is C13H9BrFN3O2S. The molecule has 8 heteroatoms. The monoisotopic (exact) mass is 369 g/mol. The Morgan fingerprint density at radius 1 is 1.19 bits per heavy atom. The van der Waals surface area contributed by atoms with Crippen molar-refractivity contribution in [2.24, 2.45) is 0 Å². The van der Waals surface area contributed by atoms with E-state index in [-0.39, 0.29) is 11.7 Å². The van der Waals surface area contributed by atoms with E-state index < -0.39 is 0 Å². The topological polar surface area (TPSA) is 78.1 Å². The van der Waals surface area contributed by atoms with E-state index in [1.54, 1.807) is 24.3 Å². The minimum Gasteiger partial charge on any atom is -0.444 e. The number of furan rings is 1. The molecular weight excluding hydrogens is 361 g/mol. The van der Waals surface area contributed by atoms with E-state index in [2.05, 4.69) is 26.1 Å². The molecule has 0 amide bonds. The van der Waals surface area contributed by atoms with Gasteiger partial charge in [-0.25, -0.2) is 4.39 Å². The first-order valence-corrected chi connectivity index (χ1v) is 7.65. The Morgan fingerprint density at radius 2 is 2.05 bits per heavy atom. The van der Waals surface area contributed by atoms with E-state index >= 15 is 0 Å². The van der Waals surface area contributed by atoms with Crippen LogP contribution >= 0.6 is 27.7 Å². The summed E-state index contributed by atoms with van der Waals surface area (Å²) in [5.41, 5.74) is 5.89. The van der Waals surface area contributed by atoms with Crippen LogP contribution in [0.5, 0.6) is 0 Å². The lowest BCUT2D eigenvalue weighted by atomic mass is 10.3. The van der Waals surface area contributed by atoms with Gasteiger partial charge in [0.15, 0.2) is 10.4 Å². The minimum absolute atomic E-state index is 0.286. The molecule has 0 saturated heterocycles. The number of nitrogen functional groups attached to an aromatic ring is 1. The van der Waals surface area contributed by atoms with Gasteiger partial charge in [-0.2, -0.15) is 0 Å². The van der Waals surface area contributed by atoms with Crippen molar-refractivity contribution in [2.45, 2.75) is 10.6 Å². The third kappa shape index (κ3) is 3.27. The van der Waals surface area contributed by atoms with Gasteiger partial charge in [-0.1, -0.05) is 0 Å². The largest absolute Gasteiger partial charge is 0.444 e. The lowest BCUT2D eigenvalue weighted by molar-refractivity contribution is 0.486. The van der Waals surface area contributed by atoms with Crippen LogP contribution < -0.4 is 5.73 Å². The summed E-state index contributed by atoms with van der Waals surface area (Å²) in [6.07, 6.45) is 0. The van der Waals surface area contributed by atoms with E-state index in [1.807, 2.05) is 0 Å². The molecule has 2 aromatic heterocycles. The van der Waals surface area contributed by atoms with Crippen LogP contribution in [0.25, 0.3) is 11.7 Å². The number of nitrogens with zero attached hydrogens (tertiary/aromatic N) is 2. The van der Waals surface area contributed by atoms with Crippen LogP contribution in [0, 0.1) is 5.82 Å². The third-order valence-corrected chi connectivity index (χ3v) is 4.02. The van der Waals surface area contributed by atoms with E-state index in [1.165, 1.54) is 17.8 Å². The average Bonchev–Trinajstić information content (AvgIpc) is 3.06. The fraction of sp³-hybridized carbons (Fsp3) is 0.0769. The first kappa shape index (κ1) is 14.2. The second kappa shape index (κ2) is 5.90. The Kier molecular flexibility index (Phi) is 3.98. The van der Waals surface area contributed by atoms with Crippen LogP contribution in [0.2, 0.25) is 0 Å². The fourth-order valence-electron chi connectivity index (χ4n) is 1.61. The van der Waals surface area contributed by atoms with Crippen molar-refractivity contribution in [3.8, 4) is 11.7 Å². The summed E-state index contributed by atoms with van der Waals surface area (Å²) in [7, 11) is 0. The fourth-order valence-corrected chi connectivity index (χ4v) is 2.68. The molecule has 0 atom stereocenters. The number of hydrogen-bond acceptors (Lipinski definition) is 6. The summed E-state index contributed by atoms with van der Waals surface area (Å²) in [4.78, 5) is 0.477. The van der Waals surface area contributed by atoms with Crippen molar-refractivity contribution >= 4 is 33.4 Å². The first-order valence-electron chi connectivity index (χ1n) is 5.88. The van der Waals surface area contributed by atoms with Gasteiger partial charge < -0.3 is 14.6 Å². The molecule has 0 radical (unpaired) electrons. The number of benzene rings is 1. The van der Waals surface area contributed by atoms with Gasteiger partial charge in [0, 0.05) is 10.6 Å². The summed E-state index contributed by atoms with van der Waals surface area (Å²) in [5, 5.41) is 7.79. The Balaban J connectivity index is 1.70. The van der Waals surface area contributed by atoms with Crippen LogP contribution in [0.4, 0.5) is 10.1 Å². The number of hydrogen-bond donors (Lipinski definition) is 1. The Hall–Kier alpha value is -1.80. The molecule has 0 aliphatic heterocycles. The predicted octanol–water partition coefficient (Wildman–Crippen LogP) is 4.11. The second-order valence-electron chi connectivity index (χ2n) is 4.08. The first-order chi connectivity index (χ1) is 10.1. The molecule has 3 aromatic rings. The van der Waals surface area contributed by atoms with Crippen LogP contribution in [0.15, 0.2) is 48.7 Å². The predicted molar refractivity (Wildman–Crippen MR) is 80.1 cm³/mol. The SMILES string of the molecule is Nc1ccc(SCc2nnc(-c3ccc(Br)o3)o2)c(F)c1. The highest BCUT2D eigenvalue weighted by atomic mass is 79.9. The van der Waals surface area contributed by atoms with Crippen LogP contribution in [-0.2, 0) is 5.75 Å². The number of anilines is 1. The Morgan fingerprint density at radius 3 is 2.76 bits per heavy atom. The van der Waals surface area contributed by atoms with Crippen molar-refractivity contribution in [1.29, 1.82) is 0 Å². The summed E-state index contributed by atoms with van der Waals surface area (Å²) < 4.78 is 25.0. The molecule has 2 heterocycles. The summed E-state index contributed by atoms with van der Waals surface area (Å²) >= 11 is 4.45. The highest BCUT2D eigenvalue weighted by molar-refractivity contribution is 9.10. The quantitative estimate of drug-likeness (QED) is 0.550. The van der Waals surface area contributed by atoms with E-state index in [9.17, 15) is 4.39 Å². The number of thioether (sulfide) groups is 1. The standard InChI is InChI=1S/C13H9BrFN3O2S/c14-11-4-2-9(19-11)13-18-17-12(20-13)6-21-10-3-1-7(16)5-8(10)15/h1-5H,6,16H2. The third-order valence-electron chi connectivity index (χ3n) is 2.56. The maximum atomic E-state index is 13.6. The number of rotatable bonds is 4. The van der Waals surface area contributed by atoms with Gasteiger partial charge in [0.05, 0.1) is 5.75 Å². The van der Waals surface area contributed by atoms with Crippen LogP contribution in [-0.4, -0.2) is 10.2 Å². The van der Waals surface area contributed by atoms with Crippen LogP contribution in [0.1, 0.15) is 5.89 Å². The van der Waals surface area contributed by atoms with E-state index in [4.69, 9.17) is 14.6 Å². The molecule has 5 nitrogen and oxygen atoms in total. The van der Waals surface area contributed by atoms with Gasteiger partial charge in [0.2, 0.25) is 5.89 Å². The van der Waals surface area contributed by atoms with E-state index in [0.717, 1.165) is 0 Å².